The minimum absolute atomic E-state index is 0.0331. The average molecular weight is 323 g/mol. The van der Waals surface area contributed by atoms with Crippen LogP contribution in [0.2, 0.25) is 0 Å². The maximum atomic E-state index is 12.4. The van der Waals surface area contributed by atoms with Gasteiger partial charge < -0.3 is 10.5 Å². The van der Waals surface area contributed by atoms with Crippen molar-refractivity contribution in [3.05, 3.63) is 29.8 Å². The number of hydrogen-bond acceptors (Lipinski definition) is 4. The van der Waals surface area contributed by atoms with E-state index < -0.39 is 27.6 Å². The standard InChI is InChI=1S/C13H16F3NO3S/c14-13(15,16)10-1-3-11(4-2-10)21(18,19)8-12(17)9-5-6-20-7-9/h1-4,9,12H,5-8,17H2. The van der Waals surface area contributed by atoms with Crippen LogP contribution in [0, 0.1) is 5.92 Å². The van der Waals surface area contributed by atoms with Crippen LogP contribution in [-0.4, -0.2) is 33.4 Å². The van der Waals surface area contributed by atoms with E-state index in [1.807, 2.05) is 0 Å². The average Bonchev–Trinajstić information content (AvgIpc) is 2.91. The highest BCUT2D eigenvalue weighted by molar-refractivity contribution is 7.91. The number of halogens is 3. The SMILES string of the molecule is NC(CS(=O)(=O)c1ccc(C(F)(F)F)cc1)C1CCOC1. The van der Waals surface area contributed by atoms with Crippen LogP contribution in [-0.2, 0) is 20.8 Å². The molecule has 2 rings (SSSR count). The molecule has 118 valence electrons. The molecule has 2 atom stereocenters. The van der Waals surface area contributed by atoms with Crippen molar-refractivity contribution in [3.8, 4) is 0 Å². The van der Waals surface area contributed by atoms with Crippen molar-refractivity contribution in [2.75, 3.05) is 19.0 Å². The number of nitrogens with two attached hydrogens (primary N) is 1. The molecule has 0 aliphatic carbocycles. The van der Waals surface area contributed by atoms with Crippen molar-refractivity contribution < 1.29 is 26.3 Å². The van der Waals surface area contributed by atoms with Crippen LogP contribution in [0.25, 0.3) is 0 Å². The molecule has 0 spiro atoms. The molecule has 0 amide bonds. The Morgan fingerprint density at radius 1 is 1.29 bits per heavy atom. The summed E-state index contributed by atoms with van der Waals surface area (Å²) in [5, 5.41) is 0. The third-order valence-corrected chi connectivity index (χ3v) is 5.34. The van der Waals surface area contributed by atoms with Crippen LogP contribution in [0.1, 0.15) is 12.0 Å². The second-order valence-corrected chi connectivity index (χ2v) is 7.13. The molecule has 4 nitrogen and oxygen atoms in total. The lowest BCUT2D eigenvalue weighted by Gasteiger charge is -2.17. The molecule has 0 bridgehead atoms. The van der Waals surface area contributed by atoms with Gasteiger partial charge in [-0.15, -0.1) is 0 Å². The number of benzene rings is 1. The zero-order valence-electron chi connectivity index (χ0n) is 11.1. The topological polar surface area (TPSA) is 69.4 Å². The van der Waals surface area contributed by atoms with Crippen molar-refractivity contribution in [1.82, 2.24) is 0 Å². The lowest BCUT2D eigenvalue weighted by atomic mass is 10.0. The van der Waals surface area contributed by atoms with E-state index in [2.05, 4.69) is 0 Å². The molecule has 21 heavy (non-hydrogen) atoms. The van der Waals surface area contributed by atoms with Gasteiger partial charge in [-0.1, -0.05) is 0 Å². The maximum absolute atomic E-state index is 12.4. The van der Waals surface area contributed by atoms with Crippen molar-refractivity contribution in [2.45, 2.75) is 23.5 Å². The van der Waals surface area contributed by atoms with Crippen molar-refractivity contribution >= 4 is 9.84 Å². The van der Waals surface area contributed by atoms with Crippen LogP contribution in [0.15, 0.2) is 29.2 Å². The number of sulfone groups is 1. The molecule has 1 fully saturated rings. The molecule has 0 radical (unpaired) electrons. The van der Waals surface area contributed by atoms with E-state index >= 15 is 0 Å². The van der Waals surface area contributed by atoms with E-state index in [0.717, 1.165) is 24.3 Å². The highest BCUT2D eigenvalue weighted by Crippen LogP contribution is 2.30. The highest BCUT2D eigenvalue weighted by Gasteiger charge is 2.31. The summed E-state index contributed by atoms with van der Waals surface area (Å²) in [6.07, 6.45) is -3.79. The fourth-order valence-corrected chi connectivity index (χ4v) is 3.75. The van der Waals surface area contributed by atoms with Crippen LogP contribution in [0.4, 0.5) is 13.2 Å². The Hall–Kier alpha value is -1.12. The summed E-state index contributed by atoms with van der Waals surface area (Å²) >= 11 is 0. The van der Waals surface area contributed by atoms with Crippen molar-refractivity contribution in [2.24, 2.45) is 11.7 Å². The van der Waals surface area contributed by atoms with Gasteiger partial charge in [0.2, 0.25) is 0 Å². The lowest BCUT2D eigenvalue weighted by molar-refractivity contribution is -0.137. The Morgan fingerprint density at radius 2 is 1.90 bits per heavy atom. The van der Waals surface area contributed by atoms with Gasteiger partial charge in [0.1, 0.15) is 0 Å². The number of alkyl halides is 3. The zero-order chi connectivity index (χ0) is 15.7. The van der Waals surface area contributed by atoms with E-state index in [0.29, 0.717) is 19.6 Å². The first-order valence-electron chi connectivity index (χ1n) is 6.43. The first-order chi connectivity index (χ1) is 9.70. The van der Waals surface area contributed by atoms with Gasteiger partial charge in [-0.3, -0.25) is 0 Å². The fraction of sp³-hybridized carbons (Fsp3) is 0.538. The molecule has 1 aliphatic rings. The van der Waals surface area contributed by atoms with Crippen LogP contribution in [0.3, 0.4) is 0 Å². The first kappa shape index (κ1) is 16.3. The smallest absolute Gasteiger partial charge is 0.381 e. The van der Waals surface area contributed by atoms with Gasteiger partial charge >= 0.3 is 6.18 Å². The quantitative estimate of drug-likeness (QED) is 0.918. The van der Waals surface area contributed by atoms with Crippen LogP contribution < -0.4 is 5.73 Å². The number of rotatable bonds is 4. The summed E-state index contributed by atoms with van der Waals surface area (Å²) in [4.78, 5) is -0.148. The Kier molecular flexibility index (Phi) is 4.60. The Labute approximate surface area is 121 Å². The van der Waals surface area contributed by atoms with Gasteiger partial charge in [0, 0.05) is 18.6 Å². The Morgan fingerprint density at radius 3 is 2.38 bits per heavy atom. The van der Waals surface area contributed by atoms with Gasteiger partial charge in [-0.2, -0.15) is 13.2 Å². The van der Waals surface area contributed by atoms with E-state index in [1.54, 1.807) is 0 Å². The minimum atomic E-state index is -4.49. The summed E-state index contributed by atoms with van der Waals surface area (Å²) in [6, 6.07) is 2.88. The molecular weight excluding hydrogens is 307 g/mol. The van der Waals surface area contributed by atoms with Gasteiger partial charge in [-0.25, -0.2) is 8.42 Å². The predicted octanol–water partition coefficient (Wildman–Crippen LogP) is 1.84. The summed E-state index contributed by atoms with van der Waals surface area (Å²) in [6.45, 7) is 0.975. The minimum Gasteiger partial charge on any atom is -0.381 e. The molecule has 1 heterocycles. The molecule has 1 saturated heterocycles. The monoisotopic (exact) mass is 323 g/mol. The summed E-state index contributed by atoms with van der Waals surface area (Å²) in [5.41, 5.74) is 4.98. The molecule has 0 saturated carbocycles. The zero-order valence-corrected chi connectivity index (χ0v) is 12.0. The van der Waals surface area contributed by atoms with E-state index in [4.69, 9.17) is 10.5 Å². The molecule has 1 aliphatic heterocycles. The molecule has 2 N–H and O–H groups in total. The molecule has 0 aromatic heterocycles. The van der Waals surface area contributed by atoms with Gasteiger partial charge in [0.25, 0.3) is 0 Å². The third-order valence-electron chi connectivity index (χ3n) is 3.52. The normalized spacial score (nSPS) is 21.4. The van der Waals surface area contributed by atoms with Crippen molar-refractivity contribution in [3.63, 3.8) is 0 Å². The Balaban J connectivity index is 2.12. The van der Waals surface area contributed by atoms with Gasteiger partial charge in [-0.05, 0) is 30.7 Å². The van der Waals surface area contributed by atoms with E-state index in [1.165, 1.54) is 0 Å². The van der Waals surface area contributed by atoms with Crippen molar-refractivity contribution in [1.29, 1.82) is 0 Å². The van der Waals surface area contributed by atoms with E-state index in [-0.39, 0.29) is 16.6 Å². The summed E-state index contributed by atoms with van der Waals surface area (Å²) < 4.78 is 66.8. The lowest BCUT2D eigenvalue weighted by Crippen LogP contribution is -2.37. The summed E-state index contributed by atoms with van der Waals surface area (Å²) in [7, 11) is -3.71. The second-order valence-electron chi connectivity index (χ2n) is 5.09. The molecular formula is C13H16F3NO3S. The van der Waals surface area contributed by atoms with Gasteiger partial charge in [0.05, 0.1) is 22.8 Å². The summed E-state index contributed by atoms with van der Waals surface area (Å²) in [5.74, 6) is -0.332. The molecule has 1 aromatic carbocycles. The maximum Gasteiger partial charge on any atom is 0.416 e. The molecule has 2 unspecified atom stereocenters. The van der Waals surface area contributed by atoms with Crippen LogP contribution >= 0.6 is 0 Å². The number of hydrogen-bond donors (Lipinski definition) is 1. The molecule has 8 heteroatoms. The fourth-order valence-electron chi connectivity index (χ4n) is 2.23. The highest BCUT2D eigenvalue weighted by atomic mass is 32.2. The largest absolute Gasteiger partial charge is 0.416 e. The molecule has 1 aromatic rings. The third kappa shape index (κ3) is 3.96. The van der Waals surface area contributed by atoms with E-state index in [9.17, 15) is 21.6 Å². The Bertz CT molecular complexity index is 578. The first-order valence-corrected chi connectivity index (χ1v) is 8.09. The van der Waals surface area contributed by atoms with Crippen LogP contribution in [0.5, 0.6) is 0 Å². The second kappa shape index (κ2) is 5.94. The number of ether oxygens (including phenoxy) is 1. The predicted molar refractivity (Wildman–Crippen MR) is 70.4 cm³/mol. The van der Waals surface area contributed by atoms with Gasteiger partial charge in [0.15, 0.2) is 9.84 Å².